The summed E-state index contributed by atoms with van der Waals surface area (Å²) in [6.07, 6.45) is 3.15. The summed E-state index contributed by atoms with van der Waals surface area (Å²) in [5.41, 5.74) is -1.25. The van der Waals surface area contributed by atoms with E-state index >= 15 is 0 Å². The van der Waals surface area contributed by atoms with E-state index in [1.54, 1.807) is 12.3 Å². The highest BCUT2D eigenvalue weighted by Gasteiger charge is 2.16. The number of amides is 1. The van der Waals surface area contributed by atoms with Crippen LogP contribution in [-0.2, 0) is 11.3 Å². The molecule has 1 aromatic carbocycles. The van der Waals surface area contributed by atoms with Crippen molar-refractivity contribution in [1.29, 1.82) is 0 Å². The number of nitrogens with zero attached hydrogens (tertiary/aromatic N) is 5. The van der Waals surface area contributed by atoms with Gasteiger partial charge in [0.1, 0.15) is 6.54 Å². The summed E-state index contributed by atoms with van der Waals surface area (Å²) in [6, 6.07) is 7.30. The second-order valence-corrected chi connectivity index (χ2v) is 5.11. The summed E-state index contributed by atoms with van der Waals surface area (Å²) >= 11 is 0. The normalized spacial score (nSPS) is 10.5. The van der Waals surface area contributed by atoms with Crippen molar-refractivity contribution in [2.24, 2.45) is 0 Å². The molecular weight excluding hydrogens is 347 g/mol. The van der Waals surface area contributed by atoms with Crippen LogP contribution in [0, 0.1) is 15.9 Å². The topological polar surface area (TPSA) is 125 Å². The van der Waals surface area contributed by atoms with Crippen LogP contribution in [0.1, 0.15) is 0 Å². The summed E-state index contributed by atoms with van der Waals surface area (Å²) in [5, 5.41) is 21.1. The Hall–Kier alpha value is -3.89. The number of nitrogens with one attached hydrogen (secondary N) is 1. The Labute approximate surface area is 144 Å². The Morgan fingerprint density at radius 3 is 2.81 bits per heavy atom. The molecule has 1 N–H and O–H groups in total. The van der Waals surface area contributed by atoms with E-state index in [2.05, 4.69) is 15.5 Å². The summed E-state index contributed by atoms with van der Waals surface area (Å²) < 4.78 is 15.7. The molecule has 2 aromatic heterocycles. The molecule has 132 valence electrons. The molecule has 0 bridgehead atoms. The molecule has 0 aliphatic heterocycles. The highest BCUT2D eigenvalue weighted by Crippen LogP contribution is 2.21. The smallest absolute Gasteiger partial charge is 0.306 e. The number of halogens is 1. The van der Waals surface area contributed by atoms with Gasteiger partial charge in [-0.1, -0.05) is 0 Å². The summed E-state index contributed by atoms with van der Waals surface area (Å²) in [4.78, 5) is 33.8. The quantitative estimate of drug-likeness (QED) is 0.538. The van der Waals surface area contributed by atoms with Crippen molar-refractivity contribution in [2.45, 2.75) is 6.54 Å². The number of aromatic nitrogens is 4. The lowest BCUT2D eigenvalue weighted by atomic mass is 10.2. The zero-order valence-electron chi connectivity index (χ0n) is 13.1. The molecule has 1 amide bonds. The van der Waals surface area contributed by atoms with Crippen LogP contribution in [0.2, 0.25) is 0 Å². The third-order valence-corrected chi connectivity index (χ3v) is 3.31. The van der Waals surface area contributed by atoms with Gasteiger partial charge in [-0.05, 0) is 24.3 Å². The molecule has 0 atom stereocenters. The molecule has 11 heteroatoms. The fourth-order valence-corrected chi connectivity index (χ4v) is 2.14. The molecule has 3 aromatic rings. The van der Waals surface area contributed by atoms with Crippen LogP contribution >= 0.6 is 0 Å². The largest absolute Gasteiger partial charge is 0.324 e. The van der Waals surface area contributed by atoms with Crippen molar-refractivity contribution in [3.63, 3.8) is 0 Å². The number of hydrogen-bond acceptors (Lipinski definition) is 6. The predicted octanol–water partition coefficient (Wildman–Crippen LogP) is 1.11. The van der Waals surface area contributed by atoms with E-state index in [0.717, 1.165) is 16.8 Å². The molecular formula is C15H11FN6O4. The lowest BCUT2D eigenvalue weighted by Crippen LogP contribution is -2.30. The van der Waals surface area contributed by atoms with Crippen LogP contribution in [0.4, 0.5) is 15.8 Å². The number of carbonyl (C=O) groups is 1. The molecule has 3 rings (SSSR count). The molecule has 0 spiro atoms. The fraction of sp³-hybridized carbons (Fsp3) is 0.0667. The first-order valence-corrected chi connectivity index (χ1v) is 7.26. The van der Waals surface area contributed by atoms with Crippen LogP contribution in [0.5, 0.6) is 0 Å². The number of rotatable bonds is 5. The van der Waals surface area contributed by atoms with Gasteiger partial charge in [0, 0.05) is 30.2 Å². The molecule has 0 saturated carbocycles. The lowest BCUT2D eigenvalue weighted by molar-refractivity contribution is -0.387. The first kappa shape index (κ1) is 17.0. The molecule has 0 aliphatic rings. The zero-order chi connectivity index (χ0) is 18.7. The van der Waals surface area contributed by atoms with Crippen molar-refractivity contribution in [1.82, 2.24) is 19.6 Å². The van der Waals surface area contributed by atoms with E-state index in [1.807, 2.05) is 0 Å². The third kappa shape index (κ3) is 3.61. The van der Waals surface area contributed by atoms with Gasteiger partial charge in [0.2, 0.25) is 11.7 Å². The Kier molecular flexibility index (Phi) is 4.51. The van der Waals surface area contributed by atoms with Gasteiger partial charge in [-0.2, -0.15) is 9.49 Å². The SMILES string of the molecule is O=C(Cn1nc(-n2cccn2)ccc1=O)Nc1ccc(F)c([N+](=O)[O-])c1. The first-order valence-electron chi connectivity index (χ1n) is 7.26. The summed E-state index contributed by atoms with van der Waals surface area (Å²) in [6.45, 7) is -0.431. The molecule has 0 fully saturated rings. The molecule has 2 heterocycles. The van der Waals surface area contributed by atoms with Gasteiger partial charge in [-0.3, -0.25) is 19.7 Å². The summed E-state index contributed by atoms with van der Waals surface area (Å²) in [7, 11) is 0. The van der Waals surface area contributed by atoms with Crippen molar-refractivity contribution in [2.75, 3.05) is 5.32 Å². The molecule has 0 aliphatic carbocycles. The Bertz CT molecular complexity index is 1030. The Morgan fingerprint density at radius 2 is 2.12 bits per heavy atom. The van der Waals surface area contributed by atoms with E-state index in [9.17, 15) is 24.1 Å². The molecule has 10 nitrogen and oxygen atoms in total. The number of carbonyl (C=O) groups excluding carboxylic acids is 1. The third-order valence-electron chi connectivity index (χ3n) is 3.31. The number of nitro benzene ring substituents is 1. The van der Waals surface area contributed by atoms with Gasteiger partial charge < -0.3 is 5.32 Å². The maximum atomic E-state index is 13.3. The maximum Gasteiger partial charge on any atom is 0.306 e. The number of hydrogen-bond donors (Lipinski definition) is 1. The number of benzene rings is 1. The van der Waals surface area contributed by atoms with Crippen molar-refractivity contribution < 1.29 is 14.1 Å². The monoisotopic (exact) mass is 358 g/mol. The van der Waals surface area contributed by atoms with E-state index in [-0.39, 0.29) is 5.69 Å². The van der Waals surface area contributed by atoms with Crippen LogP contribution < -0.4 is 10.9 Å². The van der Waals surface area contributed by atoms with Crippen molar-refractivity contribution in [3.05, 3.63) is 75.1 Å². The average Bonchev–Trinajstić information content (AvgIpc) is 3.13. The standard InChI is InChI=1S/C15H11FN6O4/c16-11-3-2-10(8-12(11)22(25)26)18-14(23)9-21-15(24)5-4-13(19-21)20-7-1-6-17-20/h1-8H,9H2,(H,18,23). The average molecular weight is 358 g/mol. The van der Waals surface area contributed by atoms with Gasteiger partial charge >= 0.3 is 5.69 Å². The van der Waals surface area contributed by atoms with Gasteiger partial charge in [0.25, 0.3) is 5.56 Å². The van der Waals surface area contributed by atoms with E-state index in [1.165, 1.54) is 29.1 Å². The Balaban J connectivity index is 1.78. The van der Waals surface area contributed by atoms with Gasteiger partial charge in [0.15, 0.2) is 5.82 Å². The van der Waals surface area contributed by atoms with E-state index in [4.69, 9.17) is 0 Å². The molecule has 0 saturated heterocycles. The van der Waals surface area contributed by atoms with E-state index < -0.39 is 34.4 Å². The minimum atomic E-state index is -1.02. The highest BCUT2D eigenvalue weighted by atomic mass is 19.1. The number of nitro groups is 1. The van der Waals surface area contributed by atoms with Crippen LogP contribution in [-0.4, -0.2) is 30.4 Å². The molecule has 0 unspecified atom stereocenters. The van der Waals surface area contributed by atoms with Gasteiger partial charge in [-0.15, -0.1) is 5.10 Å². The maximum absolute atomic E-state index is 13.3. The second-order valence-electron chi connectivity index (χ2n) is 5.11. The Morgan fingerprint density at radius 1 is 1.31 bits per heavy atom. The molecule has 0 radical (unpaired) electrons. The molecule has 26 heavy (non-hydrogen) atoms. The van der Waals surface area contributed by atoms with Crippen molar-refractivity contribution >= 4 is 17.3 Å². The van der Waals surface area contributed by atoms with Crippen molar-refractivity contribution in [3.8, 4) is 5.82 Å². The predicted molar refractivity (Wildman–Crippen MR) is 87.3 cm³/mol. The van der Waals surface area contributed by atoms with Crippen LogP contribution in [0.3, 0.4) is 0 Å². The van der Waals surface area contributed by atoms with E-state index in [0.29, 0.717) is 5.82 Å². The second kappa shape index (κ2) is 6.93. The lowest BCUT2D eigenvalue weighted by Gasteiger charge is -2.08. The summed E-state index contributed by atoms with van der Waals surface area (Å²) in [5.74, 6) is -1.34. The minimum absolute atomic E-state index is 0.0272. The highest BCUT2D eigenvalue weighted by molar-refractivity contribution is 5.90. The minimum Gasteiger partial charge on any atom is -0.324 e. The number of anilines is 1. The van der Waals surface area contributed by atoms with Crippen LogP contribution in [0.25, 0.3) is 5.82 Å². The first-order chi connectivity index (χ1) is 12.4. The van der Waals surface area contributed by atoms with Gasteiger partial charge in [0.05, 0.1) is 4.92 Å². The zero-order valence-corrected chi connectivity index (χ0v) is 13.1. The van der Waals surface area contributed by atoms with Gasteiger partial charge in [-0.25, -0.2) is 9.36 Å². The van der Waals surface area contributed by atoms with Crippen LogP contribution in [0.15, 0.2) is 53.6 Å². The fourth-order valence-electron chi connectivity index (χ4n) is 2.14.